The molecule has 7 heteroatoms. The number of hydrogen-bond donors (Lipinski definition) is 1. The lowest BCUT2D eigenvalue weighted by atomic mass is 10.0. The van der Waals surface area contributed by atoms with Crippen molar-refractivity contribution in [2.75, 3.05) is 0 Å². The molecule has 162 valence electrons. The zero-order valence-corrected chi connectivity index (χ0v) is 17.7. The van der Waals surface area contributed by atoms with Gasteiger partial charge in [0.25, 0.3) is 0 Å². The van der Waals surface area contributed by atoms with Crippen molar-refractivity contribution in [1.29, 1.82) is 5.26 Å². The van der Waals surface area contributed by atoms with E-state index >= 15 is 0 Å². The molecular formula is C25H19ClF3N3. The fraction of sp³-hybridized carbons (Fsp3) is 0.120. The summed E-state index contributed by atoms with van der Waals surface area (Å²) in [5.74, 6) is 0.815. The molecule has 3 aromatic carbocycles. The number of nitrogens with one attached hydrogen (secondary N) is 1. The Hall–Kier alpha value is -3.56. The average molecular weight is 454 g/mol. The van der Waals surface area contributed by atoms with Gasteiger partial charge in [0.1, 0.15) is 5.82 Å². The summed E-state index contributed by atoms with van der Waals surface area (Å²) in [5, 5.41) is 8.88. The lowest BCUT2D eigenvalue weighted by Crippen LogP contribution is -2.04. The highest BCUT2D eigenvalue weighted by Crippen LogP contribution is 2.32. The third-order valence-electron chi connectivity index (χ3n) is 5.01. The maximum Gasteiger partial charge on any atom is 0.416 e. The Morgan fingerprint density at radius 3 is 2.16 bits per heavy atom. The minimum absolute atomic E-state index is 0. The first-order chi connectivity index (χ1) is 14.9. The van der Waals surface area contributed by atoms with Crippen molar-refractivity contribution >= 4 is 12.4 Å². The van der Waals surface area contributed by atoms with Gasteiger partial charge in [0.05, 0.1) is 17.2 Å². The van der Waals surface area contributed by atoms with Gasteiger partial charge in [-0.15, -0.1) is 12.4 Å². The summed E-state index contributed by atoms with van der Waals surface area (Å²) in [4.78, 5) is 7.74. The molecule has 0 amide bonds. The quantitative estimate of drug-likeness (QED) is 0.371. The van der Waals surface area contributed by atoms with E-state index in [2.05, 4.69) is 16.0 Å². The summed E-state index contributed by atoms with van der Waals surface area (Å²) in [7, 11) is 0. The highest BCUT2D eigenvalue weighted by atomic mass is 35.5. The van der Waals surface area contributed by atoms with Crippen LogP contribution >= 0.6 is 12.4 Å². The van der Waals surface area contributed by atoms with Crippen molar-refractivity contribution in [3.8, 4) is 17.2 Å². The number of rotatable bonds is 5. The lowest BCUT2D eigenvalue weighted by Gasteiger charge is -2.09. The third kappa shape index (κ3) is 5.57. The second kappa shape index (κ2) is 9.71. The summed E-state index contributed by atoms with van der Waals surface area (Å²) in [6, 6.07) is 22.3. The van der Waals surface area contributed by atoms with Gasteiger partial charge in [0.15, 0.2) is 0 Å². The lowest BCUT2D eigenvalue weighted by molar-refractivity contribution is -0.137. The summed E-state index contributed by atoms with van der Waals surface area (Å²) < 4.78 is 38.8. The van der Waals surface area contributed by atoms with Crippen LogP contribution in [-0.2, 0) is 19.0 Å². The maximum atomic E-state index is 12.9. The number of H-pyrrole nitrogens is 1. The molecular weight excluding hydrogens is 435 g/mol. The van der Waals surface area contributed by atoms with Gasteiger partial charge in [0, 0.05) is 24.7 Å². The molecule has 1 heterocycles. The molecule has 0 aliphatic rings. The average Bonchev–Trinajstić information content (AvgIpc) is 3.21. The van der Waals surface area contributed by atoms with Crippen molar-refractivity contribution in [3.63, 3.8) is 0 Å². The number of nitrogens with zero attached hydrogens (tertiary/aromatic N) is 2. The van der Waals surface area contributed by atoms with Gasteiger partial charge in [-0.3, -0.25) is 0 Å². The number of alkyl halides is 3. The van der Waals surface area contributed by atoms with Gasteiger partial charge in [-0.1, -0.05) is 48.5 Å². The monoisotopic (exact) mass is 453 g/mol. The standard InChI is InChI=1S/C25H18F3N3.ClH/c26-25(27,28)22-3-1-2-21(14-22)20-10-8-18(9-11-20)13-24-30-16-23(31-24)12-17-4-6-19(15-29)7-5-17;/h1-11,14,16H,12-13H2,(H,30,31);1H. The van der Waals surface area contributed by atoms with E-state index in [0.29, 0.717) is 24.0 Å². The molecule has 0 aliphatic heterocycles. The fourth-order valence-electron chi connectivity index (χ4n) is 3.39. The van der Waals surface area contributed by atoms with E-state index < -0.39 is 11.7 Å². The van der Waals surface area contributed by atoms with Crippen LogP contribution in [0.4, 0.5) is 13.2 Å². The molecule has 0 bridgehead atoms. The number of aromatic amines is 1. The highest BCUT2D eigenvalue weighted by molar-refractivity contribution is 5.85. The molecule has 1 aromatic heterocycles. The van der Waals surface area contributed by atoms with Gasteiger partial charge in [-0.25, -0.2) is 4.98 Å². The minimum atomic E-state index is -4.36. The van der Waals surface area contributed by atoms with Crippen LogP contribution in [0.5, 0.6) is 0 Å². The first-order valence-electron chi connectivity index (χ1n) is 9.69. The molecule has 0 aliphatic carbocycles. The van der Waals surface area contributed by atoms with Crippen molar-refractivity contribution < 1.29 is 13.2 Å². The molecule has 0 saturated heterocycles. The molecule has 0 fully saturated rings. The van der Waals surface area contributed by atoms with Gasteiger partial charge in [-0.2, -0.15) is 18.4 Å². The Bertz CT molecular complexity index is 1220. The van der Waals surface area contributed by atoms with Crippen LogP contribution in [0.2, 0.25) is 0 Å². The predicted molar refractivity (Wildman–Crippen MR) is 119 cm³/mol. The first-order valence-corrected chi connectivity index (χ1v) is 9.69. The predicted octanol–water partition coefficient (Wildman–Crippen LogP) is 6.57. The third-order valence-corrected chi connectivity index (χ3v) is 5.01. The van der Waals surface area contributed by atoms with Crippen molar-refractivity contribution in [1.82, 2.24) is 9.97 Å². The molecule has 0 atom stereocenters. The molecule has 4 rings (SSSR count). The Kier molecular flexibility index (Phi) is 7.01. The SMILES string of the molecule is Cl.N#Cc1ccc(Cc2cnc(Cc3ccc(-c4cccc(C(F)(F)F)c4)cc3)[nH]2)cc1. The molecule has 4 aromatic rings. The van der Waals surface area contributed by atoms with Crippen LogP contribution in [0.25, 0.3) is 11.1 Å². The Labute approximate surface area is 190 Å². The second-order valence-corrected chi connectivity index (χ2v) is 7.29. The molecule has 0 saturated carbocycles. The Morgan fingerprint density at radius 1 is 0.844 bits per heavy atom. The minimum Gasteiger partial charge on any atom is -0.345 e. The van der Waals surface area contributed by atoms with E-state index in [9.17, 15) is 13.2 Å². The van der Waals surface area contributed by atoms with Crippen LogP contribution in [0.1, 0.15) is 33.8 Å². The Balaban J connectivity index is 0.00000289. The normalized spacial score (nSPS) is 10.9. The number of halogens is 4. The van der Waals surface area contributed by atoms with Crippen LogP contribution in [0, 0.1) is 11.3 Å². The van der Waals surface area contributed by atoms with E-state index in [1.807, 2.05) is 36.4 Å². The summed E-state index contributed by atoms with van der Waals surface area (Å²) in [6.45, 7) is 0. The molecule has 3 nitrogen and oxygen atoms in total. The molecule has 0 radical (unpaired) electrons. The second-order valence-electron chi connectivity index (χ2n) is 7.29. The van der Waals surface area contributed by atoms with Gasteiger partial charge < -0.3 is 4.98 Å². The molecule has 32 heavy (non-hydrogen) atoms. The zero-order chi connectivity index (χ0) is 21.8. The molecule has 0 spiro atoms. The van der Waals surface area contributed by atoms with Crippen molar-refractivity contribution in [3.05, 3.63) is 113 Å². The fourth-order valence-corrected chi connectivity index (χ4v) is 3.39. The van der Waals surface area contributed by atoms with Crippen molar-refractivity contribution in [2.24, 2.45) is 0 Å². The molecule has 1 N–H and O–H groups in total. The van der Waals surface area contributed by atoms with E-state index in [0.717, 1.165) is 40.3 Å². The molecule has 0 unspecified atom stereocenters. The Morgan fingerprint density at radius 2 is 1.50 bits per heavy atom. The zero-order valence-electron chi connectivity index (χ0n) is 16.9. The smallest absolute Gasteiger partial charge is 0.345 e. The van der Waals surface area contributed by atoms with Crippen LogP contribution in [-0.4, -0.2) is 9.97 Å². The summed E-state index contributed by atoms with van der Waals surface area (Å²) in [6.07, 6.45) is -1.28. The van der Waals surface area contributed by atoms with E-state index in [4.69, 9.17) is 5.26 Å². The van der Waals surface area contributed by atoms with Crippen LogP contribution in [0.3, 0.4) is 0 Å². The number of aromatic nitrogens is 2. The highest BCUT2D eigenvalue weighted by Gasteiger charge is 2.30. The summed E-state index contributed by atoms with van der Waals surface area (Å²) >= 11 is 0. The van der Waals surface area contributed by atoms with Crippen molar-refractivity contribution in [2.45, 2.75) is 19.0 Å². The number of hydrogen-bond acceptors (Lipinski definition) is 2. The van der Waals surface area contributed by atoms with Crippen LogP contribution in [0.15, 0.2) is 79.0 Å². The van der Waals surface area contributed by atoms with Gasteiger partial charge >= 0.3 is 6.18 Å². The number of imidazole rings is 1. The van der Waals surface area contributed by atoms with E-state index in [1.54, 1.807) is 24.4 Å². The number of nitriles is 1. The number of benzene rings is 3. The van der Waals surface area contributed by atoms with E-state index in [-0.39, 0.29) is 12.4 Å². The van der Waals surface area contributed by atoms with Gasteiger partial charge in [-0.05, 0) is 46.5 Å². The topological polar surface area (TPSA) is 52.5 Å². The summed E-state index contributed by atoms with van der Waals surface area (Å²) in [5.41, 5.74) is 4.30. The maximum absolute atomic E-state index is 12.9. The largest absolute Gasteiger partial charge is 0.416 e. The van der Waals surface area contributed by atoms with Gasteiger partial charge in [0.2, 0.25) is 0 Å². The van der Waals surface area contributed by atoms with Crippen LogP contribution < -0.4 is 0 Å². The van der Waals surface area contributed by atoms with E-state index in [1.165, 1.54) is 6.07 Å². The first kappa shape index (κ1) is 23.1.